The summed E-state index contributed by atoms with van der Waals surface area (Å²) in [5.74, 6) is 0.687. The van der Waals surface area contributed by atoms with Crippen LogP contribution in [-0.4, -0.2) is 62.9 Å². The number of hydrogen-bond acceptors (Lipinski definition) is 4. The van der Waals surface area contributed by atoms with Crippen molar-refractivity contribution >= 4 is 23.3 Å². The number of rotatable bonds is 6. The second-order valence-electron chi connectivity index (χ2n) is 9.49. The average molecular weight is 503 g/mol. The van der Waals surface area contributed by atoms with Gasteiger partial charge in [0, 0.05) is 50.7 Å². The highest BCUT2D eigenvalue weighted by atomic mass is 35.5. The van der Waals surface area contributed by atoms with E-state index in [1.54, 1.807) is 24.1 Å². The van der Waals surface area contributed by atoms with Crippen LogP contribution in [0.3, 0.4) is 0 Å². The summed E-state index contributed by atoms with van der Waals surface area (Å²) in [6.45, 7) is 9.02. The van der Waals surface area contributed by atoms with Crippen LogP contribution in [0.2, 0.25) is 5.02 Å². The highest BCUT2D eigenvalue weighted by Crippen LogP contribution is 2.25. The number of carbonyl (C=O) groups excluding carboxylic acids is 2. The number of amides is 1. The molecule has 0 spiro atoms. The minimum atomic E-state index is -1.05. The number of imidazole rings is 1. The second-order valence-corrected chi connectivity index (χ2v) is 9.89. The lowest BCUT2D eigenvalue weighted by molar-refractivity contribution is -0.127. The van der Waals surface area contributed by atoms with Crippen LogP contribution in [0.4, 0.5) is 4.39 Å². The zero-order valence-electron chi connectivity index (χ0n) is 21.0. The van der Waals surface area contributed by atoms with Gasteiger partial charge in [-0.2, -0.15) is 0 Å². The minimum absolute atomic E-state index is 0.00988. The molecule has 0 N–H and O–H groups in total. The predicted octanol–water partition coefficient (Wildman–Crippen LogP) is 5.10. The van der Waals surface area contributed by atoms with Crippen LogP contribution >= 0.6 is 11.6 Å². The molecule has 0 unspecified atom stereocenters. The number of alkyl halides is 1. The van der Waals surface area contributed by atoms with Crippen LogP contribution in [-0.2, 0) is 24.3 Å². The number of aryl methyl sites for hydroxylation is 1. The Morgan fingerprint density at radius 2 is 1.89 bits per heavy atom. The molecule has 1 aromatic heterocycles. The smallest absolute Gasteiger partial charge is 0.246 e. The number of likely N-dealkylation sites (tertiary alicyclic amines) is 1. The highest BCUT2D eigenvalue weighted by molar-refractivity contribution is 6.31. The number of carbonyl (C=O) groups is 2. The monoisotopic (exact) mass is 502 g/mol. The summed E-state index contributed by atoms with van der Waals surface area (Å²) in [6, 6.07) is 8.00. The van der Waals surface area contributed by atoms with Crippen LogP contribution in [0.25, 0.3) is 0 Å². The third-order valence-corrected chi connectivity index (χ3v) is 6.90. The third-order valence-electron chi connectivity index (χ3n) is 6.54. The number of benzene rings is 1. The molecule has 0 aliphatic carbocycles. The molecular weight excluding hydrogens is 467 g/mol. The van der Waals surface area contributed by atoms with Crippen molar-refractivity contribution in [2.45, 2.75) is 65.2 Å². The van der Waals surface area contributed by atoms with Gasteiger partial charge in [0.05, 0.1) is 12.7 Å². The summed E-state index contributed by atoms with van der Waals surface area (Å²) in [5, 5.41) is 0.893. The zero-order valence-corrected chi connectivity index (χ0v) is 21.7. The van der Waals surface area contributed by atoms with Crippen molar-refractivity contribution in [1.29, 1.82) is 0 Å². The van der Waals surface area contributed by atoms with Gasteiger partial charge in [0.15, 0.2) is 5.78 Å². The van der Waals surface area contributed by atoms with Gasteiger partial charge in [0.2, 0.25) is 5.91 Å². The molecule has 1 saturated heterocycles. The summed E-state index contributed by atoms with van der Waals surface area (Å²) in [4.78, 5) is 32.0. The number of Topliss-reactive ketones (excluding diaryl/α,β-unsaturated/α-hetero) is 1. The van der Waals surface area contributed by atoms with E-state index in [1.807, 2.05) is 28.8 Å². The lowest BCUT2D eigenvalue weighted by Crippen LogP contribution is -2.40. The maximum Gasteiger partial charge on any atom is 0.246 e. The normalized spacial score (nSPS) is 17.6. The zero-order chi connectivity index (χ0) is 25.4. The lowest BCUT2D eigenvalue weighted by atomic mass is 9.96. The molecule has 0 bridgehead atoms. The first-order valence-corrected chi connectivity index (χ1v) is 12.7. The number of piperidine rings is 1. The molecule has 1 fully saturated rings. The number of fused-ring (bicyclic) bond motifs is 1. The first-order valence-electron chi connectivity index (χ1n) is 12.4. The summed E-state index contributed by atoms with van der Waals surface area (Å²) >= 11 is 5.90. The van der Waals surface area contributed by atoms with E-state index < -0.39 is 5.67 Å². The Morgan fingerprint density at radius 3 is 2.54 bits per heavy atom. The molecule has 3 heterocycles. The maximum atomic E-state index is 13.8. The highest BCUT2D eigenvalue weighted by Gasteiger charge is 2.29. The van der Waals surface area contributed by atoms with E-state index in [2.05, 4.69) is 22.9 Å². The molecular formula is C27H36ClFN4O2. The fourth-order valence-corrected chi connectivity index (χ4v) is 4.54. The number of aromatic nitrogens is 2. The molecule has 6 nitrogen and oxygen atoms in total. The molecule has 35 heavy (non-hydrogen) atoms. The minimum Gasteiger partial charge on any atom is -0.330 e. The Kier molecular flexibility index (Phi) is 9.63. The molecule has 1 amide bonds. The second kappa shape index (κ2) is 12.5. The average Bonchev–Trinajstić information content (AvgIpc) is 3.26. The van der Waals surface area contributed by atoms with Crippen molar-refractivity contribution < 1.29 is 14.0 Å². The molecule has 8 heteroatoms. The van der Waals surface area contributed by atoms with Crippen molar-refractivity contribution in [3.8, 4) is 0 Å². The van der Waals surface area contributed by atoms with E-state index in [9.17, 15) is 14.0 Å². The van der Waals surface area contributed by atoms with Gasteiger partial charge in [-0.1, -0.05) is 49.2 Å². The van der Waals surface area contributed by atoms with E-state index in [0.717, 1.165) is 36.8 Å². The first kappa shape index (κ1) is 27.1. The van der Waals surface area contributed by atoms with Crippen LogP contribution in [0.5, 0.6) is 0 Å². The molecule has 0 radical (unpaired) electrons. The van der Waals surface area contributed by atoms with Gasteiger partial charge < -0.3 is 9.47 Å². The Morgan fingerprint density at radius 1 is 1.17 bits per heavy atom. The number of ketones is 1. The van der Waals surface area contributed by atoms with Crippen molar-refractivity contribution in [3.63, 3.8) is 0 Å². The van der Waals surface area contributed by atoms with Gasteiger partial charge in [0.1, 0.15) is 17.2 Å². The maximum absolute atomic E-state index is 13.8. The summed E-state index contributed by atoms with van der Waals surface area (Å²) in [6.07, 6.45) is 8.35. The molecule has 0 atom stereocenters. The van der Waals surface area contributed by atoms with Gasteiger partial charge in [-0.25, -0.2) is 9.37 Å². The number of halogens is 2. The predicted molar refractivity (Wildman–Crippen MR) is 137 cm³/mol. The molecule has 2 aliphatic heterocycles. The summed E-state index contributed by atoms with van der Waals surface area (Å²) in [5.41, 5.74) is 0.805. The van der Waals surface area contributed by atoms with E-state index in [-0.39, 0.29) is 11.7 Å². The number of nitrogens with zero attached hydrogens (tertiary/aromatic N) is 4. The molecule has 1 aromatic carbocycles. The first-order chi connectivity index (χ1) is 16.7. The fraction of sp³-hybridized carbons (Fsp3) is 0.519. The van der Waals surface area contributed by atoms with Crippen LogP contribution in [0, 0.1) is 0 Å². The van der Waals surface area contributed by atoms with Gasteiger partial charge in [-0.05, 0) is 37.8 Å². The SMILES string of the molecule is CC(=O)c1cnc2n1CCN(C(=O)/C=C/CN1CCC(C)(F)CC1)C2.CCCc1ccccc1Cl. The number of hydrogen-bond donors (Lipinski definition) is 0. The van der Waals surface area contributed by atoms with Crippen LogP contribution < -0.4 is 0 Å². The van der Waals surface area contributed by atoms with Gasteiger partial charge >= 0.3 is 0 Å². The molecule has 2 aromatic rings. The standard InChI is InChI=1S/C18H25FN4O2.C9H11Cl/c1-14(24)15-12-20-16-13-22(10-11-23(15)16)17(25)4-3-7-21-8-5-18(2,19)6-9-21;1-2-5-8-6-3-4-7-9(8)10/h3-4,12H,5-11,13H2,1-2H3;3-4,6-7H,2,5H2,1H3/b4-3+;. The van der Waals surface area contributed by atoms with Crippen molar-refractivity contribution in [2.75, 3.05) is 26.2 Å². The third kappa shape index (κ3) is 7.74. The van der Waals surface area contributed by atoms with E-state index >= 15 is 0 Å². The van der Waals surface area contributed by atoms with Gasteiger partial charge in [-0.3, -0.25) is 14.5 Å². The van der Waals surface area contributed by atoms with Gasteiger partial charge in [-0.15, -0.1) is 0 Å². The van der Waals surface area contributed by atoms with Crippen LogP contribution in [0.1, 0.15) is 61.9 Å². The summed E-state index contributed by atoms with van der Waals surface area (Å²) in [7, 11) is 0. The van der Waals surface area contributed by atoms with E-state index in [0.29, 0.717) is 44.7 Å². The Labute approximate surface area is 212 Å². The Hall–Kier alpha value is -2.51. The molecule has 0 saturated carbocycles. The molecule has 190 valence electrons. The lowest BCUT2D eigenvalue weighted by Gasteiger charge is -2.33. The van der Waals surface area contributed by atoms with Crippen molar-refractivity contribution in [3.05, 3.63) is 64.7 Å². The van der Waals surface area contributed by atoms with Gasteiger partial charge in [0.25, 0.3) is 0 Å². The molecule has 2 aliphatic rings. The molecule has 4 rings (SSSR count). The quantitative estimate of drug-likeness (QED) is 0.407. The van der Waals surface area contributed by atoms with E-state index in [4.69, 9.17) is 11.6 Å². The van der Waals surface area contributed by atoms with Crippen LogP contribution in [0.15, 0.2) is 42.6 Å². The topological polar surface area (TPSA) is 58.4 Å². The largest absolute Gasteiger partial charge is 0.330 e. The fourth-order valence-electron chi connectivity index (χ4n) is 4.31. The van der Waals surface area contributed by atoms with Crippen molar-refractivity contribution in [1.82, 2.24) is 19.4 Å². The Balaban J connectivity index is 0.000000287. The van der Waals surface area contributed by atoms with Crippen molar-refractivity contribution in [2.24, 2.45) is 0 Å². The Bertz CT molecular complexity index is 1040. The van der Waals surface area contributed by atoms with E-state index in [1.165, 1.54) is 12.5 Å². The summed E-state index contributed by atoms with van der Waals surface area (Å²) < 4.78 is 15.7.